The Labute approximate surface area is 230 Å². The molecule has 3 aromatic rings. The van der Waals surface area contributed by atoms with Gasteiger partial charge in [-0.2, -0.15) is 8.42 Å². The predicted molar refractivity (Wildman–Crippen MR) is 153 cm³/mol. The highest BCUT2D eigenvalue weighted by Gasteiger charge is 2.14. The van der Waals surface area contributed by atoms with Gasteiger partial charge in [0.2, 0.25) is 5.88 Å². The third-order valence-electron chi connectivity index (χ3n) is 5.54. The third-order valence-corrected chi connectivity index (χ3v) is 6.86. The summed E-state index contributed by atoms with van der Waals surface area (Å²) >= 11 is 0. The molecule has 0 unspecified atom stereocenters. The first-order chi connectivity index (χ1) is 18.9. The van der Waals surface area contributed by atoms with Crippen LogP contribution in [0.15, 0.2) is 71.8 Å². The Balaban J connectivity index is 1.25. The van der Waals surface area contributed by atoms with E-state index in [0.29, 0.717) is 39.7 Å². The minimum Gasteiger partial charge on any atom is -0.475 e. The van der Waals surface area contributed by atoms with Gasteiger partial charge >= 0.3 is 7.41 Å². The summed E-state index contributed by atoms with van der Waals surface area (Å²) in [6.07, 6.45) is 6.57. The van der Waals surface area contributed by atoms with Crippen LogP contribution in [-0.4, -0.2) is 73.7 Å². The van der Waals surface area contributed by atoms with Gasteiger partial charge in [0.05, 0.1) is 37.9 Å². The van der Waals surface area contributed by atoms with Crippen molar-refractivity contribution >= 4 is 41.6 Å². The average molecular weight is 552 g/mol. The van der Waals surface area contributed by atoms with Crippen LogP contribution in [0, 0.1) is 6.92 Å². The minimum atomic E-state index is -3.78. The topological polar surface area (TPSA) is 104 Å². The molecule has 2 aromatic carbocycles. The lowest BCUT2D eigenvalue weighted by atomic mass is 9.94. The third kappa shape index (κ3) is 10.6. The van der Waals surface area contributed by atoms with E-state index in [1.165, 1.54) is 12.1 Å². The number of carbonyl (C=O) groups excluding carboxylic acids is 1. The highest BCUT2D eigenvalue weighted by Crippen LogP contribution is 2.16. The zero-order valence-corrected chi connectivity index (χ0v) is 23.0. The molecule has 0 N–H and O–H groups in total. The van der Waals surface area contributed by atoms with Gasteiger partial charge in [-0.3, -0.25) is 4.18 Å². The summed E-state index contributed by atoms with van der Waals surface area (Å²) in [5.74, 6) is 0.501. The van der Waals surface area contributed by atoms with Crippen molar-refractivity contribution in [2.75, 3.05) is 51.5 Å². The number of rotatable bonds is 17. The number of ether oxygens (including phenoxy) is 3. The monoisotopic (exact) mass is 552 g/mol. The molecule has 9 nitrogen and oxygen atoms in total. The van der Waals surface area contributed by atoms with Gasteiger partial charge in [-0.15, -0.1) is 0 Å². The Morgan fingerprint density at radius 1 is 0.821 bits per heavy atom. The Morgan fingerprint density at radius 3 is 2.08 bits per heavy atom. The van der Waals surface area contributed by atoms with E-state index in [9.17, 15) is 13.2 Å². The van der Waals surface area contributed by atoms with Gasteiger partial charge in [-0.1, -0.05) is 42.0 Å². The molecule has 0 bridgehead atoms. The highest BCUT2D eigenvalue weighted by atomic mass is 32.2. The van der Waals surface area contributed by atoms with E-state index in [1.807, 2.05) is 61.3 Å². The summed E-state index contributed by atoms with van der Waals surface area (Å²) in [4.78, 5) is 17.0. The van der Waals surface area contributed by atoms with Crippen LogP contribution in [0.5, 0.6) is 5.88 Å². The number of hydrogen-bond acceptors (Lipinski definition) is 9. The lowest BCUT2D eigenvalue weighted by Crippen LogP contribution is -2.23. The number of carbonyl (C=O) groups is 1. The van der Waals surface area contributed by atoms with Crippen molar-refractivity contribution in [1.82, 2.24) is 4.98 Å². The molecule has 3 rings (SSSR count). The van der Waals surface area contributed by atoms with Crippen LogP contribution in [0.25, 0.3) is 12.2 Å². The van der Waals surface area contributed by atoms with Crippen molar-refractivity contribution in [3.8, 4) is 5.88 Å². The second kappa shape index (κ2) is 15.8. The molecule has 0 fully saturated rings. The molecule has 0 atom stereocenters. The smallest absolute Gasteiger partial charge is 0.310 e. The molecule has 206 valence electrons. The molecular weight excluding hydrogens is 519 g/mol. The molecule has 0 radical (unpaired) electrons. The van der Waals surface area contributed by atoms with Crippen LogP contribution in [0.2, 0.25) is 0 Å². The molecule has 1 aromatic heterocycles. The zero-order valence-electron chi connectivity index (χ0n) is 22.2. The maximum absolute atomic E-state index is 12.1. The van der Waals surface area contributed by atoms with Crippen LogP contribution >= 0.6 is 0 Å². The van der Waals surface area contributed by atoms with Crippen molar-refractivity contribution in [2.24, 2.45) is 0 Å². The van der Waals surface area contributed by atoms with Gasteiger partial charge in [0.1, 0.15) is 12.8 Å². The van der Waals surface area contributed by atoms with E-state index < -0.39 is 10.1 Å². The SMILES string of the molecule is Cc1ccc(S(=O)(=O)OCCOCCOCCOc2ccc(/C=C/c3ccc(N(C)BC=O)cc3)cn2)cc1. The number of benzene rings is 2. The summed E-state index contributed by atoms with van der Waals surface area (Å²) in [5.41, 5.74) is 3.94. The fourth-order valence-electron chi connectivity index (χ4n) is 3.33. The van der Waals surface area contributed by atoms with E-state index >= 15 is 0 Å². The number of anilines is 1. The maximum Gasteiger partial charge on any atom is 0.310 e. The molecule has 11 heteroatoms. The average Bonchev–Trinajstić information content (AvgIpc) is 2.94. The van der Waals surface area contributed by atoms with Crippen LogP contribution in [0.1, 0.15) is 16.7 Å². The molecular formula is C28H33BN2O7S. The molecule has 39 heavy (non-hydrogen) atoms. The Hall–Kier alpha value is -3.51. The first kappa shape index (κ1) is 30.0. The van der Waals surface area contributed by atoms with Crippen molar-refractivity contribution < 1.29 is 31.6 Å². The fraction of sp³-hybridized carbons (Fsp3) is 0.286. The number of nitrogens with zero attached hydrogens (tertiary/aromatic N) is 2. The minimum absolute atomic E-state index is 0.0669. The molecule has 0 spiro atoms. The Morgan fingerprint density at radius 2 is 1.44 bits per heavy atom. The lowest BCUT2D eigenvalue weighted by molar-refractivity contribution is 0.0275. The lowest BCUT2D eigenvalue weighted by Gasteiger charge is -2.15. The van der Waals surface area contributed by atoms with Crippen LogP contribution in [-0.2, 0) is 28.6 Å². The molecule has 0 saturated carbocycles. The molecule has 0 amide bonds. The second-order valence-corrected chi connectivity index (χ2v) is 10.2. The van der Waals surface area contributed by atoms with E-state index in [2.05, 4.69) is 4.98 Å². The molecule has 0 aliphatic rings. The van der Waals surface area contributed by atoms with Gasteiger partial charge < -0.3 is 23.8 Å². The molecule has 0 aliphatic heterocycles. The van der Waals surface area contributed by atoms with Gasteiger partial charge in [-0.25, -0.2) is 4.98 Å². The van der Waals surface area contributed by atoms with E-state index in [-0.39, 0.29) is 18.1 Å². The summed E-state index contributed by atoms with van der Waals surface area (Å²) in [7, 11) is -1.55. The van der Waals surface area contributed by atoms with Gasteiger partial charge in [0.25, 0.3) is 10.1 Å². The van der Waals surface area contributed by atoms with E-state index in [1.54, 1.807) is 24.4 Å². The largest absolute Gasteiger partial charge is 0.475 e. The molecule has 0 aliphatic carbocycles. The van der Waals surface area contributed by atoms with Crippen LogP contribution in [0.4, 0.5) is 5.69 Å². The molecule has 1 heterocycles. The number of aryl methyl sites for hydroxylation is 1. The first-order valence-electron chi connectivity index (χ1n) is 12.5. The first-order valence-corrected chi connectivity index (χ1v) is 13.9. The summed E-state index contributed by atoms with van der Waals surface area (Å²) < 4.78 is 45.6. The van der Waals surface area contributed by atoms with Crippen molar-refractivity contribution in [1.29, 1.82) is 0 Å². The second-order valence-electron chi connectivity index (χ2n) is 8.56. The van der Waals surface area contributed by atoms with Crippen LogP contribution in [0.3, 0.4) is 0 Å². The van der Waals surface area contributed by atoms with Gasteiger partial charge in [0, 0.05) is 18.0 Å². The van der Waals surface area contributed by atoms with E-state index in [0.717, 1.165) is 28.6 Å². The van der Waals surface area contributed by atoms with Crippen LogP contribution < -0.4 is 9.55 Å². The Kier molecular flexibility index (Phi) is 12.2. The summed E-state index contributed by atoms with van der Waals surface area (Å²) in [6.45, 7) is 3.32. The number of aromatic nitrogens is 1. The maximum atomic E-state index is 12.1. The normalized spacial score (nSPS) is 11.4. The van der Waals surface area contributed by atoms with Crippen molar-refractivity contribution in [2.45, 2.75) is 11.8 Å². The zero-order chi connectivity index (χ0) is 27.9. The van der Waals surface area contributed by atoms with Crippen molar-refractivity contribution in [3.05, 3.63) is 83.6 Å². The number of hydrogen-bond donors (Lipinski definition) is 0. The van der Waals surface area contributed by atoms with Crippen molar-refractivity contribution in [3.63, 3.8) is 0 Å². The summed E-state index contributed by atoms with van der Waals surface area (Å²) in [6, 6.07) is 18.1. The summed E-state index contributed by atoms with van der Waals surface area (Å²) in [5, 5.41) is 0. The Bertz CT molecular complexity index is 1280. The van der Waals surface area contributed by atoms with E-state index in [4.69, 9.17) is 18.4 Å². The fourth-order valence-corrected chi connectivity index (χ4v) is 4.22. The quantitative estimate of drug-likeness (QED) is 0.108. The number of pyridine rings is 1. The van der Waals surface area contributed by atoms with Gasteiger partial charge in [-0.05, 0) is 55.4 Å². The van der Waals surface area contributed by atoms with Gasteiger partial charge in [0.15, 0.2) is 0 Å². The highest BCUT2D eigenvalue weighted by molar-refractivity contribution is 7.86. The standard InChI is InChI=1S/C28H33BN2O7S/c1-23-3-12-27(13-4-23)39(33,34)38-20-18-36-16-15-35-17-19-37-28-14-9-25(21-30-28)6-5-24-7-10-26(11-8-24)31(2)29-22-32/h3-14,21-22,29H,15-20H2,1-2H3/b6-5+. The predicted octanol–water partition coefficient (Wildman–Crippen LogP) is 3.36. The molecule has 0 saturated heterocycles.